The average Bonchev–Trinajstić information content (AvgIpc) is 2.67. The Kier molecular flexibility index (Phi) is 2.54. The quantitative estimate of drug-likeness (QED) is 0.748. The summed E-state index contributed by atoms with van der Waals surface area (Å²) in [5, 5.41) is 8.11. The fraction of sp³-hybridized carbons (Fsp3) is 0.333. The summed E-state index contributed by atoms with van der Waals surface area (Å²) in [5.74, 6) is 0.935. The normalized spacial score (nSPS) is 10.9. The molecule has 15 heavy (non-hydrogen) atoms. The maximum Gasteiger partial charge on any atom is 0.163 e. The van der Waals surface area contributed by atoms with Gasteiger partial charge in [-0.05, 0) is 20.8 Å². The Balaban J connectivity index is 2.45. The zero-order chi connectivity index (χ0) is 10.8. The first-order valence-corrected chi connectivity index (χ1v) is 5.15. The molecule has 0 spiro atoms. The van der Waals surface area contributed by atoms with E-state index in [0.717, 1.165) is 11.4 Å². The average molecular weight is 201 g/mol. The van der Waals surface area contributed by atoms with Crippen LogP contribution in [0, 0.1) is 6.92 Å². The molecule has 0 aliphatic heterocycles. The van der Waals surface area contributed by atoms with Crippen LogP contribution >= 0.6 is 0 Å². The summed E-state index contributed by atoms with van der Waals surface area (Å²) in [6, 6.07) is 8.73. The van der Waals surface area contributed by atoms with Gasteiger partial charge in [-0.15, -0.1) is 10.2 Å². The molecule has 0 radical (unpaired) electrons. The summed E-state index contributed by atoms with van der Waals surface area (Å²) in [5.41, 5.74) is 2.38. The first kappa shape index (κ1) is 9.90. The molecular formula is C12H15N3. The minimum Gasteiger partial charge on any atom is -0.311 e. The van der Waals surface area contributed by atoms with Gasteiger partial charge < -0.3 is 4.57 Å². The van der Waals surface area contributed by atoms with Gasteiger partial charge in [0, 0.05) is 11.6 Å². The zero-order valence-electron chi connectivity index (χ0n) is 9.31. The zero-order valence-corrected chi connectivity index (χ0v) is 9.31. The van der Waals surface area contributed by atoms with E-state index in [4.69, 9.17) is 0 Å². The van der Waals surface area contributed by atoms with Gasteiger partial charge in [-0.3, -0.25) is 0 Å². The van der Waals surface area contributed by atoms with Crippen molar-refractivity contribution in [2.45, 2.75) is 26.8 Å². The van der Waals surface area contributed by atoms with E-state index in [1.54, 1.807) is 6.33 Å². The summed E-state index contributed by atoms with van der Waals surface area (Å²) in [7, 11) is 0. The number of aryl methyl sites for hydroxylation is 1. The van der Waals surface area contributed by atoms with Crippen LogP contribution in [0.2, 0.25) is 0 Å². The molecule has 78 valence electrons. The lowest BCUT2D eigenvalue weighted by Crippen LogP contribution is -2.01. The molecule has 1 aromatic carbocycles. The number of benzene rings is 1. The van der Waals surface area contributed by atoms with Crippen LogP contribution in [-0.2, 0) is 0 Å². The number of hydrogen-bond acceptors (Lipinski definition) is 2. The van der Waals surface area contributed by atoms with Crippen LogP contribution in [-0.4, -0.2) is 14.8 Å². The van der Waals surface area contributed by atoms with Gasteiger partial charge in [0.15, 0.2) is 5.82 Å². The number of rotatable bonds is 2. The van der Waals surface area contributed by atoms with Crippen LogP contribution in [0.3, 0.4) is 0 Å². The van der Waals surface area contributed by atoms with Crippen molar-refractivity contribution in [1.29, 1.82) is 0 Å². The van der Waals surface area contributed by atoms with Gasteiger partial charge in [-0.1, -0.05) is 29.8 Å². The second-order valence-electron chi connectivity index (χ2n) is 4.02. The Hall–Kier alpha value is -1.64. The lowest BCUT2D eigenvalue weighted by atomic mass is 10.1. The van der Waals surface area contributed by atoms with E-state index in [-0.39, 0.29) is 0 Å². The van der Waals surface area contributed by atoms with Crippen molar-refractivity contribution in [2.24, 2.45) is 0 Å². The number of aromatic nitrogens is 3. The third-order valence-electron chi connectivity index (χ3n) is 2.44. The monoisotopic (exact) mass is 201 g/mol. The standard InChI is InChI=1S/C12H15N3/c1-9(2)15-8-13-14-12(15)11-6-4-10(3)5-7-11/h4-9H,1-3H3. The largest absolute Gasteiger partial charge is 0.311 e. The Morgan fingerprint density at radius 1 is 1.13 bits per heavy atom. The molecular weight excluding hydrogens is 186 g/mol. The molecule has 0 saturated carbocycles. The number of nitrogens with zero attached hydrogens (tertiary/aromatic N) is 3. The molecule has 0 amide bonds. The summed E-state index contributed by atoms with van der Waals surface area (Å²) in [6.45, 7) is 6.33. The highest BCUT2D eigenvalue weighted by molar-refractivity contribution is 5.55. The molecule has 0 aliphatic rings. The fourth-order valence-electron chi connectivity index (χ4n) is 1.53. The van der Waals surface area contributed by atoms with Crippen molar-refractivity contribution in [3.8, 4) is 11.4 Å². The van der Waals surface area contributed by atoms with E-state index in [2.05, 4.69) is 59.8 Å². The van der Waals surface area contributed by atoms with Gasteiger partial charge in [0.05, 0.1) is 0 Å². The lowest BCUT2D eigenvalue weighted by Gasteiger charge is -2.09. The molecule has 2 rings (SSSR count). The third kappa shape index (κ3) is 1.91. The molecule has 0 bridgehead atoms. The maximum atomic E-state index is 4.15. The van der Waals surface area contributed by atoms with Crippen LogP contribution < -0.4 is 0 Å². The summed E-state index contributed by atoms with van der Waals surface area (Å²) in [6.07, 6.45) is 1.78. The highest BCUT2D eigenvalue weighted by Gasteiger charge is 2.08. The first-order chi connectivity index (χ1) is 7.18. The lowest BCUT2D eigenvalue weighted by molar-refractivity contribution is 0.604. The second-order valence-corrected chi connectivity index (χ2v) is 4.02. The van der Waals surface area contributed by atoms with Gasteiger partial charge >= 0.3 is 0 Å². The molecule has 0 atom stereocenters. The molecule has 0 saturated heterocycles. The molecule has 3 nitrogen and oxygen atoms in total. The Labute approximate surface area is 89.8 Å². The third-order valence-corrected chi connectivity index (χ3v) is 2.44. The summed E-state index contributed by atoms with van der Waals surface area (Å²) < 4.78 is 2.07. The molecule has 0 fully saturated rings. The van der Waals surface area contributed by atoms with Gasteiger partial charge in [0.1, 0.15) is 6.33 Å². The van der Waals surface area contributed by atoms with E-state index in [1.807, 2.05) is 0 Å². The molecule has 3 heteroatoms. The van der Waals surface area contributed by atoms with Crippen molar-refractivity contribution in [1.82, 2.24) is 14.8 Å². The Bertz CT molecular complexity index is 440. The molecule has 0 unspecified atom stereocenters. The van der Waals surface area contributed by atoms with E-state index in [9.17, 15) is 0 Å². The van der Waals surface area contributed by atoms with Crippen molar-refractivity contribution in [2.75, 3.05) is 0 Å². The van der Waals surface area contributed by atoms with Crippen LogP contribution in [0.15, 0.2) is 30.6 Å². The molecule has 0 N–H and O–H groups in total. The van der Waals surface area contributed by atoms with Crippen molar-refractivity contribution in [3.05, 3.63) is 36.2 Å². The van der Waals surface area contributed by atoms with Crippen LogP contribution in [0.4, 0.5) is 0 Å². The minimum atomic E-state index is 0.385. The van der Waals surface area contributed by atoms with E-state index >= 15 is 0 Å². The minimum absolute atomic E-state index is 0.385. The van der Waals surface area contributed by atoms with Crippen molar-refractivity contribution in [3.63, 3.8) is 0 Å². The number of hydrogen-bond donors (Lipinski definition) is 0. The Morgan fingerprint density at radius 2 is 1.80 bits per heavy atom. The predicted octanol–water partition coefficient (Wildman–Crippen LogP) is 2.83. The Morgan fingerprint density at radius 3 is 2.40 bits per heavy atom. The summed E-state index contributed by atoms with van der Waals surface area (Å²) >= 11 is 0. The molecule has 1 aromatic heterocycles. The topological polar surface area (TPSA) is 30.7 Å². The SMILES string of the molecule is Cc1ccc(-c2nncn2C(C)C)cc1. The second kappa shape index (κ2) is 3.85. The highest BCUT2D eigenvalue weighted by Crippen LogP contribution is 2.20. The maximum absolute atomic E-state index is 4.15. The smallest absolute Gasteiger partial charge is 0.163 e. The molecule has 0 aliphatic carbocycles. The van der Waals surface area contributed by atoms with Gasteiger partial charge in [-0.25, -0.2) is 0 Å². The highest BCUT2D eigenvalue weighted by atomic mass is 15.3. The molecule has 2 aromatic rings. The van der Waals surface area contributed by atoms with Crippen molar-refractivity contribution >= 4 is 0 Å². The predicted molar refractivity (Wildman–Crippen MR) is 60.6 cm³/mol. The summed E-state index contributed by atoms with van der Waals surface area (Å²) in [4.78, 5) is 0. The van der Waals surface area contributed by atoms with Crippen molar-refractivity contribution < 1.29 is 0 Å². The van der Waals surface area contributed by atoms with Gasteiger partial charge in [-0.2, -0.15) is 0 Å². The van der Waals surface area contributed by atoms with Crippen LogP contribution in [0.1, 0.15) is 25.5 Å². The fourth-order valence-corrected chi connectivity index (χ4v) is 1.53. The van der Waals surface area contributed by atoms with Crippen LogP contribution in [0.5, 0.6) is 0 Å². The first-order valence-electron chi connectivity index (χ1n) is 5.15. The molecule has 1 heterocycles. The van der Waals surface area contributed by atoms with E-state index in [1.165, 1.54) is 5.56 Å². The van der Waals surface area contributed by atoms with Crippen LogP contribution in [0.25, 0.3) is 11.4 Å². The van der Waals surface area contributed by atoms with Gasteiger partial charge in [0.25, 0.3) is 0 Å². The van der Waals surface area contributed by atoms with E-state index in [0.29, 0.717) is 6.04 Å². The van der Waals surface area contributed by atoms with E-state index < -0.39 is 0 Å². The van der Waals surface area contributed by atoms with Gasteiger partial charge in [0.2, 0.25) is 0 Å².